The summed E-state index contributed by atoms with van der Waals surface area (Å²) in [4.78, 5) is 7.84. The second kappa shape index (κ2) is 5.71. The predicted octanol–water partition coefficient (Wildman–Crippen LogP) is 3.08. The van der Waals surface area contributed by atoms with E-state index in [1.54, 1.807) is 6.07 Å². The van der Waals surface area contributed by atoms with Crippen LogP contribution in [0.3, 0.4) is 0 Å². The fourth-order valence-electron chi connectivity index (χ4n) is 1.44. The molecule has 5 nitrogen and oxygen atoms in total. The maximum Gasteiger partial charge on any atom is 0.226 e. The average molecular weight is 283 g/mol. The number of nitrogens with one attached hydrogen (secondary N) is 1. The molecule has 3 N–H and O–H groups in total. The van der Waals surface area contributed by atoms with Gasteiger partial charge in [-0.1, -0.05) is 17.7 Å². The number of ether oxygens (including phenoxy) is 1. The number of aromatic nitrogens is 2. The van der Waals surface area contributed by atoms with Gasteiger partial charge in [0.25, 0.3) is 0 Å². The Balaban J connectivity index is 2.30. The van der Waals surface area contributed by atoms with Crippen molar-refractivity contribution in [2.24, 2.45) is 0 Å². The molecule has 1 aromatic heterocycles. The van der Waals surface area contributed by atoms with Crippen molar-refractivity contribution >= 4 is 23.4 Å². The maximum atomic E-state index is 13.7. The summed E-state index contributed by atoms with van der Waals surface area (Å²) in [5.74, 6) is 0.0207. The third-order valence-corrected chi connectivity index (χ3v) is 2.50. The van der Waals surface area contributed by atoms with Crippen molar-refractivity contribution in [1.29, 1.82) is 0 Å². The summed E-state index contributed by atoms with van der Waals surface area (Å²) >= 11 is 5.67. The van der Waals surface area contributed by atoms with E-state index in [0.717, 1.165) is 0 Å². The highest BCUT2D eigenvalue weighted by atomic mass is 35.5. The van der Waals surface area contributed by atoms with Crippen LogP contribution in [0.4, 0.5) is 16.2 Å². The van der Waals surface area contributed by atoms with E-state index in [-0.39, 0.29) is 22.6 Å². The molecular formula is C12H12ClFN4O. The third-order valence-electron chi connectivity index (χ3n) is 2.21. The molecule has 0 bridgehead atoms. The van der Waals surface area contributed by atoms with Gasteiger partial charge in [-0.15, -0.1) is 0 Å². The molecule has 1 aromatic carbocycles. The van der Waals surface area contributed by atoms with Crippen LogP contribution in [-0.4, -0.2) is 16.5 Å². The summed E-state index contributed by atoms with van der Waals surface area (Å²) in [7, 11) is 0. The lowest BCUT2D eigenvalue weighted by molar-refractivity contribution is 0.428. The molecule has 0 aliphatic carbocycles. The van der Waals surface area contributed by atoms with Gasteiger partial charge in [-0.05, 0) is 19.1 Å². The smallest absolute Gasteiger partial charge is 0.226 e. The normalized spacial score (nSPS) is 10.3. The number of nitrogen functional groups attached to an aromatic ring is 1. The van der Waals surface area contributed by atoms with Gasteiger partial charge < -0.3 is 15.8 Å². The Hall–Kier alpha value is -2.08. The first-order chi connectivity index (χ1) is 9.10. The highest BCUT2D eigenvalue weighted by molar-refractivity contribution is 6.30. The minimum atomic E-state index is -0.647. The molecule has 0 radical (unpaired) electrons. The van der Waals surface area contributed by atoms with Gasteiger partial charge in [0.2, 0.25) is 11.8 Å². The second-order valence-corrected chi connectivity index (χ2v) is 4.04. The Morgan fingerprint density at radius 2 is 2.21 bits per heavy atom. The second-order valence-electron chi connectivity index (χ2n) is 3.63. The molecule has 0 saturated heterocycles. The minimum Gasteiger partial charge on any atom is -0.436 e. The Morgan fingerprint density at radius 3 is 2.95 bits per heavy atom. The van der Waals surface area contributed by atoms with Crippen molar-refractivity contribution < 1.29 is 9.13 Å². The first-order valence-electron chi connectivity index (χ1n) is 5.60. The van der Waals surface area contributed by atoms with Crippen molar-refractivity contribution in [3.63, 3.8) is 0 Å². The summed E-state index contributed by atoms with van der Waals surface area (Å²) < 4.78 is 19.0. The van der Waals surface area contributed by atoms with Crippen LogP contribution in [0.25, 0.3) is 0 Å². The zero-order chi connectivity index (χ0) is 13.8. The standard InChI is InChI=1S/C12H12ClFN4O/c1-2-16-9-6-10(18-12(15)17-9)19-8-5-3-4-7(13)11(8)14/h3-6H,2H2,1H3,(H3,15,16,17,18). The molecule has 0 aliphatic rings. The molecule has 100 valence electrons. The highest BCUT2D eigenvalue weighted by Crippen LogP contribution is 2.28. The SMILES string of the molecule is CCNc1cc(Oc2cccc(Cl)c2F)nc(N)n1. The van der Waals surface area contributed by atoms with Gasteiger partial charge in [-0.3, -0.25) is 0 Å². The topological polar surface area (TPSA) is 73.1 Å². The van der Waals surface area contributed by atoms with Crippen LogP contribution in [0.2, 0.25) is 5.02 Å². The van der Waals surface area contributed by atoms with Crippen LogP contribution >= 0.6 is 11.6 Å². The molecule has 0 fully saturated rings. The Kier molecular flexibility index (Phi) is 4.01. The first-order valence-corrected chi connectivity index (χ1v) is 5.98. The predicted molar refractivity (Wildman–Crippen MR) is 72.1 cm³/mol. The number of nitrogens with zero attached hydrogens (tertiary/aromatic N) is 2. The molecule has 19 heavy (non-hydrogen) atoms. The van der Waals surface area contributed by atoms with Crippen LogP contribution < -0.4 is 15.8 Å². The van der Waals surface area contributed by atoms with Crippen LogP contribution in [-0.2, 0) is 0 Å². The molecule has 0 unspecified atom stereocenters. The van der Waals surface area contributed by atoms with E-state index in [1.165, 1.54) is 18.2 Å². The zero-order valence-corrected chi connectivity index (χ0v) is 10.9. The Bertz CT molecular complexity index is 594. The van der Waals surface area contributed by atoms with E-state index < -0.39 is 5.82 Å². The zero-order valence-electron chi connectivity index (χ0n) is 10.2. The summed E-state index contributed by atoms with van der Waals surface area (Å²) in [6, 6.07) is 5.99. The first kappa shape index (κ1) is 13.4. The van der Waals surface area contributed by atoms with Gasteiger partial charge in [0.1, 0.15) is 5.82 Å². The monoisotopic (exact) mass is 282 g/mol. The van der Waals surface area contributed by atoms with E-state index >= 15 is 0 Å². The van der Waals surface area contributed by atoms with Crippen molar-refractivity contribution in [3.05, 3.63) is 35.1 Å². The highest BCUT2D eigenvalue weighted by Gasteiger charge is 2.10. The largest absolute Gasteiger partial charge is 0.436 e. The number of rotatable bonds is 4. The lowest BCUT2D eigenvalue weighted by atomic mass is 10.3. The van der Waals surface area contributed by atoms with Crippen molar-refractivity contribution in [2.75, 3.05) is 17.6 Å². The number of benzene rings is 1. The third kappa shape index (κ3) is 3.23. The van der Waals surface area contributed by atoms with Crippen molar-refractivity contribution in [2.45, 2.75) is 6.92 Å². The van der Waals surface area contributed by atoms with Crippen LogP contribution in [0, 0.1) is 5.82 Å². The molecule has 0 aliphatic heterocycles. The molecule has 1 heterocycles. The lowest BCUT2D eigenvalue weighted by Gasteiger charge is -2.09. The number of nitrogens with two attached hydrogens (primary N) is 1. The van der Waals surface area contributed by atoms with Crippen LogP contribution in [0.1, 0.15) is 6.92 Å². The van der Waals surface area contributed by atoms with E-state index in [9.17, 15) is 4.39 Å². The Morgan fingerprint density at radius 1 is 1.42 bits per heavy atom. The van der Waals surface area contributed by atoms with Gasteiger partial charge in [-0.25, -0.2) is 4.39 Å². The van der Waals surface area contributed by atoms with E-state index in [2.05, 4.69) is 15.3 Å². The van der Waals surface area contributed by atoms with Gasteiger partial charge in [-0.2, -0.15) is 9.97 Å². The number of halogens is 2. The van der Waals surface area contributed by atoms with Crippen LogP contribution in [0.15, 0.2) is 24.3 Å². The molecule has 0 saturated carbocycles. The van der Waals surface area contributed by atoms with Crippen molar-refractivity contribution in [3.8, 4) is 11.6 Å². The minimum absolute atomic E-state index is 0.0203. The summed E-state index contributed by atoms with van der Waals surface area (Å²) in [5.41, 5.74) is 5.55. The number of anilines is 2. The van der Waals surface area contributed by atoms with Crippen LogP contribution in [0.5, 0.6) is 11.6 Å². The molecule has 0 amide bonds. The average Bonchev–Trinajstić information content (AvgIpc) is 2.35. The summed E-state index contributed by atoms with van der Waals surface area (Å²) in [5, 5.41) is 2.95. The fourth-order valence-corrected chi connectivity index (χ4v) is 1.61. The van der Waals surface area contributed by atoms with E-state index in [1.807, 2.05) is 6.92 Å². The lowest BCUT2D eigenvalue weighted by Crippen LogP contribution is -2.04. The quantitative estimate of drug-likeness (QED) is 0.901. The van der Waals surface area contributed by atoms with E-state index in [4.69, 9.17) is 22.1 Å². The molecule has 0 atom stereocenters. The molecule has 0 spiro atoms. The maximum absolute atomic E-state index is 13.7. The molecule has 7 heteroatoms. The van der Waals surface area contributed by atoms with Gasteiger partial charge in [0.05, 0.1) is 5.02 Å². The van der Waals surface area contributed by atoms with Gasteiger partial charge in [0.15, 0.2) is 11.6 Å². The van der Waals surface area contributed by atoms with Gasteiger partial charge in [0, 0.05) is 12.6 Å². The molecule has 2 rings (SSSR count). The number of hydrogen-bond donors (Lipinski definition) is 2. The number of hydrogen-bond acceptors (Lipinski definition) is 5. The van der Waals surface area contributed by atoms with Gasteiger partial charge >= 0.3 is 0 Å². The molecular weight excluding hydrogens is 271 g/mol. The summed E-state index contributed by atoms with van der Waals surface area (Å²) in [6.45, 7) is 2.58. The van der Waals surface area contributed by atoms with E-state index in [0.29, 0.717) is 12.4 Å². The molecule has 2 aromatic rings. The summed E-state index contributed by atoms with van der Waals surface area (Å²) in [6.07, 6.45) is 0. The van der Waals surface area contributed by atoms with Crippen molar-refractivity contribution in [1.82, 2.24) is 9.97 Å². The fraction of sp³-hybridized carbons (Fsp3) is 0.167. The Labute approximate surface area is 114 Å².